The molecule has 3 saturated heterocycles. The fourth-order valence-electron chi connectivity index (χ4n) is 6.29. The Morgan fingerprint density at radius 2 is 1.88 bits per heavy atom. The van der Waals surface area contributed by atoms with Crippen LogP contribution in [0.15, 0.2) is 11.3 Å². The molecule has 0 saturated carbocycles. The summed E-state index contributed by atoms with van der Waals surface area (Å²) in [5.41, 5.74) is 4.28. The molecule has 0 aromatic rings. The van der Waals surface area contributed by atoms with E-state index in [4.69, 9.17) is 29.4 Å². The Kier molecular flexibility index (Phi) is 5.47. The summed E-state index contributed by atoms with van der Waals surface area (Å²) in [5.74, 6) is -4.71. The average molecular weight is 479 g/mol. The van der Waals surface area contributed by atoms with E-state index in [2.05, 4.69) is 0 Å². The van der Waals surface area contributed by atoms with E-state index in [9.17, 15) is 19.2 Å². The molecule has 1 spiro atoms. The zero-order valence-electron chi connectivity index (χ0n) is 19.4. The van der Waals surface area contributed by atoms with Gasteiger partial charge < -0.3 is 39.2 Å². The average Bonchev–Trinajstić information content (AvgIpc) is 3.10. The lowest BCUT2D eigenvalue weighted by atomic mass is 9.75. The number of methoxy groups -OCH3 is 1. The normalized spacial score (nSPS) is 35.0. The fraction of sp³-hybridized carbons (Fsp3) is 0.727. The van der Waals surface area contributed by atoms with Gasteiger partial charge in [-0.3, -0.25) is 14.4 Å². The number of hydrogen-bond acceptors (Lipinski definition) is 10. The Morgan fingerprint density at radius 1 is 1.18 bits per heavy atom. The van der Waals surface area contributed by atoms with Crippen molar-refractivity contribution in [2.24, 2.45) is 17.6 Å². The summed E-state index contributed by atoms with van der Waals surface area (Å²) in [5, 5.41) is 0. The number of amides is 2. The number of piperazine rings is 1. The molecule has 5 aliphatic rings. The molecule has 0 aromatic heterocycles. The smallest absolute Gasteiger partial charge is 0.404 e. The molecule has 4 heterocycles. The molecule has 2 amide bonds. The van der Waals surface area contributed by atoms with Crippen molar-refractivity contribution < 1.29 is 42.9 Å². The Labute approximate surface area is 196 Å². The monoisotopic (exact) mass is 479 g/mol. The molecule has 0 aromatic carbocycles. The molecule has 0 bridgehead atoms. The van der Waals surface area contributed by atoms with Gasteiger partial charge in [-0.1, -0.05) is 6.92 Å². The molecule has 0 radical (unpaired) electrons. The minimum atomic E-state index is -1.81. The van der Waals surface area contributed by atoms with E-state index in [-0.39, 0.29) is 55.4 Å². The van der Waals surface area contributed by atoms with Crippen LogP contribution in [0.2, 0.25) is 0 Å². The van der Waals surface area contributed by atoms with Gasteiger partial charge in [-0.15, -0.1) is 0 Å². The Hall–Kier alpha value is -2.54. The third-order valence-corrected chi connectivity index (χ3v) is 7.52. The topological polar surface area (TPSA) is 147 Å². The highest BCUT2D eigenvalue weighted by atomic mass is 16.7. The van der Waals surface area contributed by atoms with E-state index in [0.29, 0.717) is 13.2 Å². The first kappa shape index (κ1) is 23.2. The largest absolute Gasteiger partial charge is 0.449 e. The lowest BCUT2D eigenvalue weighted by molar-refractivity contribution is -0.206. The van der Waals surface area contributed by atoms with Crippen molar-refractivity contribution in [1.82, 2.24) is 9.80 Å². The summed E-state index contributed by atoms with van der Waals surface area (Å²) >= 11 is 0. The van der Waals surface area contributed by atoms with Crippen molar-refractivity contribution in [2.45, 2.75) is 43.9 Å². The number of hydrogen-bond donors (Lipinski definition) is 1. The third kappa shape index (κ3) is 2.85. The second kappa shape index (κ2) is 8.01. The lowest BCUT2D eigenvalue weighted by Gasteiger charge is -2.41. The van der Waals surface area contributed by atoms with Crippen LogP contribution in [0.5, 0.6) is 0 Å². The maximum absolute atomic E-state index is 14.0. The van der Waals surface area contributed by atoms with Gasteiger partial charge in [0.1, 0.15) is 18.6 Å². The van der Waals surface area contributed by atoms with Crippen LogP contribution in [0.4, 0.5) is 4.79 Å². The molecular formula is C22H29N3O9. The van der Waals surface area contributed by atoms with Gasteiger partial charge in [-0.25, -0.2) is 4.79 Å². The summed E-state index contributed by atoms with van der Waals surface area (Å²) in [6.07, 6.45) is -0.281. The molecule has 186 valence electrons. The van der Waals surface area contributed by atoms with Crippen molar-refractivity contribution >= 4 is 23.6 Å². The van der Waals surface area contributed by atoms with Crippen LogP contribution in [0.3, 0.4) is 0 Å². The van der Waals surface area contributed by atoms with Crippen LogP contribution >= 0.6 is 0 Å². The van der Waals surface area contributed by atoms with Crippen molar-refractivity contribution in [3.63, 3.8) is 0 Å². The third-order valence-electron chi connectivity index (χ3n) is 7.52. The Balaban J connectivity index is 1.61. The Morgan fingerprint density at radius 3 is 2.47 bits per heavy atom. The SMILES string of the molecule is CCCOCC1C(=O)C2=C(C(=O)C13OCCO3)[C@@H](COC(N)=O)[C@@]1(OC)[C@@H]3[C@H](CN21)N3C(C)=O. The van der Waals surface area contributed by atoms with E-state index in [1.165, 1.54) is 14.0 Å². The molecule has 1 aliphatic carbocycles. The number of carbonyl (C=O) groups is 4. The molecule has 3 fully saturated rings. The molecule has 5 rings (SSSR count). The van der Waals surface area contributed by atoms with E-state index in [0.717, 1.165) is 6.42 Å². The summed E-state index contributed by atoms with van der Waals surface area (Å²) in [4.78, 5) is 55.2. The molecule has 34 heavy (non-hydrogen) atoms. The summed E-state index contributed by atoms with van der Waals surface area (Å²) in [7, 11) is 1.46. The maximum atomic E-state index is 14.0. The highest BCUT2D eigenvalue weighted by Gasteiger charge is 2.79. The number of ketones is 2. The number of primary amides is 1. The van der Waals surface area contributed by atoms with Crippen LogP contribution in [0.25, 0.3) is 0 Å². The minimum absolute atomic E-state index is 0.0438. The van der Waals surface area contributed by atoms with Crippen molar-refractivity contribution in [2.75, 3.05) is 46.7 Å². The predicted molar refractivity (Wildman–Crippen MR) is 112 cm³/mol. The van der Waals surface area contributed by atoms with E-state index >= 15 is 0 Å². The molecule has 12 nitrogen and oxygen atoms in total. The first-order valence-corrected chi connectivity index (χ1v) is 11.5. The minimum Gasteiger partial charge on any atom is -0.449 e. The van der Waals surface area contributed by atoms with Gasteiger partial charge in [-0.2, -0.15) is 0 Å². The second-order valence-electron chi connectivity index (χ2n) is 9.14. The van der Waals surface area contributed by atoms with Gasteiger partial charge in [0.05, 0.1) is 37.5 Å². The molecule has 12 heteroatoms. The number of carbonyl (C=O) groups excluding carboxylic acids is 4. The van der Waals surface area contributed by atoms with Crippen LogP contribution in [0, 0.1) is 11.8 Å². The highest BCUT2D eigenvalue weighted by Crippen LogP contribution is 2.61. The zero-order chi connectivity index (χ0) is 24.4. The number of ether oxygens (including phenoxy) is 5. The van der Waals surface area contributed by atoms with Crippen molar-refractivity contribution in [1.29, 1.82) is 0 Å². The number of Topliss-reactive ketones (excluding diaryl/α,β-unsaturated/α-hetero) is 2. The van der Waals surface area contributed by atoms with Crippen LogP contribution in [-0.2, 0) is 38.1 Å². The fourth-order valence-corrected chi connectivity index (χ4v) is 6.29. The van der Waals surface area contributed by atoms with Crippen LogP contribution < -0.4 is 5.73 Å². The molecular weight excluding hydrogens is 450 g/mol. The molecule has 5 atom stereocenters. The van der Waals surface area contributed by atoms with Gasteiger partial charge in [0.15, 0.2) is 11.5 Å². The number of nitrogens with zero attached hydrogens (tertiary/aromatic N) is 2. The number of nitrogens with two attached hydrogens (primary N) is 1. The summed E-state index contributed by atoms with van der Waals surface area (Å²) in [6, 6.07) is -0.603. The van der Waals surface area contributed by atoms with Gasteiger partial charge in [0.25, 0.3) is 0 Å². The van der Waals surface area contributed by atoms with E-state index < -0.39 is 41.3 Å². The summed E-state index contributed by atoms with van der Waals surface area (Å²) < 4.78 is 28.5. The van der Waals surface area contributed by atoms with Gasteiger partial charge in [0.2, 0.25) is 17.5 Å². The molecule has 1 unspecified atom stereocenters. The van der Waals surface area contributed by atoms with Gasteiger partial charge >= 0.3 is 6.09 Å². The maximum Gasteiger partial charge on any atom is 0.404 e. The first-order chi connectivity index (χ1) is 16.3. The number of rotatable bonds is 7. The van der Waals surface area contributed by atoms with E-state index in [1.807, 2.05) is 6.92 Å². The Bertz CT molecular complexity index is 975. The quantitative estimate of drug-likeness (QED) is 0.362. The molecule has 4 aliphatic heterocycles. The van der Waals surface area contributed by atoms with Gasteiger partial charge in [0, 0.05) is 32.8 Å². The number of fused-ring (bicyclic) bond motifs is 4. The molecule has 2 N–H and O–H groups in total. The van der Waals surface area contributed by atoms with Gasteiger partial charge in [-0.05, 0) is 6.42 Å². The van der Waals surface area contributed by atoms with Crippen LogP contribution in [0.1, 0.15) is 20.3 Å². The number of allylic oxidation sites excluding steroid dienone is 1. The lowest BCUT2D eigenvalue weighted by Crippen LogP contribution is -2.57. The van der Waals surface area contributed by atoms with Crippen molar-refractivity contribution in [3.05, 3.63) is 11.3 Å². The summed E-state index contributed by atoms with van der Waals surface area (Å²) in [6.45, 7) is 4.07. The highest BCUT2D eigenvalue weighted by molar-refractivity contribution is 6.17. The standard InChI is InChI=1S/C22H29N3O9/c1-4-5-31-9-13-17(27)16-15(19(28)22(13)33-6-7-34-22)12(10-32-20(23)29)21(30-3)18-14(8-24(16)21)25(18)11(2)26/h12-14,18H,4-10H2,1-3H3,(H2,23,29)/t12-,13?,14+,18+,21-,25?/m1/s1. The van der Waals surface area contributed by atoms with E-state index in [1.54, 1.807) is 9.80 Å². The first-order valence-electron chi connectivity index (χ1n) is 11.5. The van der Waals surface area contributed by atoms with Crippen LogP contribution in [-0.4, -0.2) is 104 Å². The predicted octanol–water partition coefficient (Wildman–Crippen LogP) is -0.839. The van der Waals surface area contributed by atoms with Crippen molar-refractivity contribution in [3.8, 4) is 0 Å². The zero-order valence-corrected chi connectivity index (χ0v) is 19.4. The second-order valence-corrected chi connectivity index (χ2v) is 9.14.